The number of nitrogens with one attached hydrogen (secondary N) is 1. The molecule has 1 aromatic carbocycles. The summed E-state index contributed by atoms with van der Waals surface area (Å²) >= 11 is 6.03. The van der Waals surface area contributed by atoms with E-state index in [9.17, 15) is 4.79 Å². The molecule has 1 N–H and O–H groups in total. The minimum absolute atomic E-state index is 0.000703. The number of aromatic nitrogens is 2. The van der Waals surface area contributed by atoms with Gasteiger partial charge in [0.2, 0.25) is 11.9 Å². The van der Waals surface area contributed by atoms with Crippen LogP contribution in [0.1, 0.15) is 12.8 Å². The van der Waals surface area contributed by atoms with E-state index in [-0.39, 0.29) is 11.8 Å². The molecule has 0 aliphatic carbocycles. The molecule has 1 fully saturated rings. The van der Waals surface area contributed by atoms with Crippen molar-refractivity contribution >= 4 is 29.1 Å². The van der Waals surface area contributed by atoms with Crippen molar-refractivity contribution in [2.24, 2.45) is 5.92 Å². The molecule has 5 nitrogen and oxygen atoms in total. The van der Waals surface area contributed by atoms with Gasteiger partial charge in [0.05, 0.1) is 0 Å². The van der Waals surface area contributed by atoms with Crippen LogP contribution in [0.5, 0.6) is 0 Å². The molecule has 2 aromatic rings. The van der Waals surface area contributed by atoms with E-state index in [0.717, 1.165) is 36.6 Å². The first kappa shape index (κ1) is 14.8. The smallest absolute Gasteiger partial charge is 0.229 e. The van der Waals surface area contributed by atoms with Gasteiger partial charge >= 0.3 is 0 Å². The van der Waals surface area contributed by atoms with Crippen molar-refractivity contribution in [3.63, 3.8) is 0 Å². The summed E-state index contributed by atoms with van der Waals surface area (Å²) in [5, 5.41) is 3.51. The molecule has 2 heterocycles. The van der Waals surface area contributed by atoms with Crippen molar-refractivity contribution in [3.05, 3.63) is 47.7 Å². The SMILES string of the molecule is O=C(Nc1ncccn1)C1CCN(c2cccc(Cl)c2)CC1. The zero-order valence-corrected chi connectivity index (χ0v) is 12.8. The molecular weight excluding hydrogens is 300 g/mol. The van der Waals surface area contributed by atoms with Gasteiger partial charge in [-0.2, -0.15) is 0 Å². The van der Waals surface area contributed by atoms with E-state index in [1.165, 1.54) is 0 Å². The molecule has 22 heavy (non-hydrogen) atoms. The second-order valence-electron chi connectivity index (χ2n) is 5.30. The number of nitrogens with zero attached hydrogens (tertiary/aromatic N) is 3. The number of hydrogen-bond acceptors (Lipinski definition) is 4. The number of rotatable bonds is 3. The standard InChI is InChI=1S/C16H17ClN4O/c17-13-3-1-4-14(11-13)21-9-5-12(6-10-21)15(22)20-16-18-7-2-8-19-16/h1-4,7-8,11-12H,5-6,9-10H2,(H,18,19,20,22). The van der Waals surface area contributed by atoms with Gasteiger partial charge in [0.25, 0.3) is 0 Å². The second-order valence-corrected chi connectivity index (χ2v) is 5.74. The first-order chi connectivity index (χ1) is 10.7. The lowest BCUT2D eigenvalue weighted by atomic mass is 9.95. The lowest BCUT2D eigenvalue weighted by molar-refractivity contribution is -0.120. The van der Waals surface area contributed by atoms with Gasteiger partial charge in [-0.15, -0.1) is 0 Å². The number of hydrogen-bond donors (Lipinski definition) is 1. The number of piperidine rings is 1. The van der Waals surface area contributed by atoms with Crippen LogP contribution in [-0.2, 0) is 4.79 Å². The van der Waals surface area contributed by atoms with Crippen LogP contribution in [0.25, 0.3) is 0 Å². The highest BCUT2D eigenvalue weighted by Crippen LogP contribution is 2.25. The summed E-state index contributed by atoms with van der Waals surface area (Å²) in [7, 11) is 0. The zero-order valence-electron chi connectivity index (χ0n) is 12.1. The van der Waals surface area contributed by atoms with Crippen molar-refractivity contribution in [1.29, 1.82) is 0 Å². The number of amides is 1. The minimum Gasteiger partial charge on any atom is -0.371 e. The number of benzene rings is 1. The van der Waals surface area contributed by atoms with Gasteiger partial charge in [0.1, 0.15) is 0 Å². The first-order valence-corrected chi connectivity index (χ1v) is 7.68. The molecule has 1 aromatic heterocycles. The van der Waals surface area contributed by atoms with Gasteiger partial charge in [-0.25, -0.2) is 9.97 Å². The van der Waals surface area contributed by atoms with Crippen LogP contribution in [0.15, 0.2) is 42.7 Å². The Bertz CT molecular complexity index is 642. The van der Waals surface area contributed by atoms with Crippen LogP contribution in [0.4, 0.5) is 11.6 Å². The topological polar surface area (TPSA) is 58.1 Å². The quantitative estimate of drug-likeness (QED) is 0.945. The Morgan fingerprint density at radius 3 is 2.59 bits per heavy atom. The molecule has 1 saturated heterocycles. The Kier molecular flexibility index (Phi) is 4.53. The Morgan fingerprint density at radius 2 is 1.91 bits per heavy atom. The fourth-order valence-electron chi connectivity index (χ4n) is 2.65. The molecule has 1 amide bonds. The normalized spacial score (nSPS) is 15.6. The highest BCUT2D eigenvalue weighted by Gasteiger charge is 2.25. The third kappa shape index (κ3) is 3.54. The first-order valence-electron chi connectivity index (χ1n) is 7.31. The van der Waals surface area contributed by atoms with Crippen LogP contribution in [-0.4, -0.2) is 29.0 Å². The lowest BCUT2D eigenvalue weighted by Crippen LogP contribution is -2.38. The van der Waals surface area contributed by atoms with E-state index in [1.807, 2.05) is 24.3 Å². The molecule has 3 rings (SSSR count). The van der Waals surface area contributed by atoms with E-state index in [4.69, 9.17) is 11.6 Å². The summed E-state index contributed by atoms with van der Waals surface area (Å²) in [6.07, 6.45) is 4.85. The van der Waals surface area contributed by atoms with Gasteiger partial charge in [-0.1, -0.05) is 17.7 Å². The molecule has 0 unspecified atom stereocenters. The molecule has 0 spiro atoms. The van der Waals surface area contributed by atoms with Crippen LogP contribution in [0.3, 0.4) is 0 Å². The highest BCUT2D eigenvalue weighted by molar-refractivity contribution is 6.30. The van der Waals surface area contributed by atoms with Crippen molar-refractivity contribution in [2.45, 2.75) is 12.8 Å². The van der Waals surface area contributed by atoms with Crippen molar-refractivity contribution < 1.29 is 4.79 Å². The minimum atomic E-state index is -0.00283. The molecule has 1 aliphatic heterocycles. The molecule has 0 bridgehead atoms. The summed E-state index contributed by atoms with van der Waals surface area (Å²) in [6, 6.07) is 9.54. The van der Waals surface area contributed by atoms with Crippen molar-refractivity contribution in [3.8, 4) is 0 Å². The maximum atomic E-state index is 12.2. The monoisotopic (exact) mass is 316 g/mol. The van der Waals surface area contributed by atoms with Crippen LogP contribution < -0.4 is 10.2 Å². The van der Waals surface area contributed by atoms with E-state index in [0.29, 0.717) is 5.95 Å². The predicted octanol–water partition coefficient (Wildman–Crippen LogP) is 2.99. The zero-order chi connectivity index (χ0) is 15.4. The molecule has 114 valence electrons. The van der Waals surface area contributed by atoms with Gasteiger partial charge in [-0.05, 0) is 37.1 Å². The van der Waals surface area contributed by atoms with Crippen LogP contribution in [0, 0.1) is 5.92 Å². The molecule has 1 aliphatic rings. The third-order valence-corrected chi connectivity index (χ3v) is 4.07. The number of carbonyl (C=O) groups excluding carboxylic acids is 1. The Balaban J connectivity index is 1.56. The van der Waals surface area contributed by atoms with E-state index < -0.39 is 0 Å². The van der Waals surface area contributed by atoms with Gasteiger partial charge in [0.15, 0.2) is 0 Å². The van der Waals surface area contributed by atoms with Crippen molar-refractivity contribution in [2.75, 3.05) is 23.3 Å². The average Bonchev–Trinajstić information content (AvgIpc) is 2.56. The summed E-state index contributed by atoms with van der Waals surface area (Å²) in [6.45, 7) is 1.68. The van der Waals surface area contributed by atoms with Gasteiger partial charge < -0.3 is 4.90 Å². The van der Waals surface area contributed by atoms with Gasteiger partial charge in [0, 0.05) is 42.1 Å². The summed E-state index contributed by atoms with van der Waals surface area (Å²) < 4.78 is 0. The summed E-state index contributed by atoms with van der Waals surface area (Å²) in [5.74, 6) is 0.362. The largest absolute Gasteiger partial charge is 0.371 e. The molecule has 0 radical (unpaired) electrons. The summed E-state index contributed by atoms with van der Waals surface area (Å²) in [4.78, 5) is 22.5. The number of carbonyl (C=O) groups is 1. The van der Waals surface area contributed by atoms with E-state index >= 15 is 0 Å². The lowest BCUT2D eigenvalue weighted by Gasteiger charge is -2.33. The second kappa shape index (κ2) is 6.75. The van der Waals surface area contributed by atoms with E-state index in [2.05, 4.69) is 20.2 Å². The third-order valence-electron chi connectivity index (χ3n) is 3.84. The highest BCUT2D eigenvalue weighted by atomic mass is 35.5. The van der Waals surface area contributed by atoms with E-state index in [1.54, 1.807) is 18.5 Å². The van der Waals surface area contributed by atoms with Gasteiger partial charge in [-0.3, -0.25) is 10.1 Å². The Morgan fingerprint density at radius 1 is 1.18 bits per heavy atom. The van der Waals surface area contributed by atoms with Crippen LogP contribution >= 0.6 is 11.6 Å². The van der Waals surface area contributed by atoms with Crippen LogP contribution in [0.2, 0.25) is 5.02 Å². The Hall–Kier alpha value is -2.14. The number of anilines is 2. The average molecular weight is 317 g/mol. The number of halogens is 1. The maximum absolute atomic E-state index is 12.2. The predicted molar refractivity (Wildman–Crippen MR) is 87.1 cm³/mol. The molecule has 6 heteroatoms. The molecule has 0 atom stereocenters. The van der Waals surface area contributed by atoms with Crippen molar-refractivity contribution in [1.82, 2.24) is 9.97 Å². The fraction of sp³-hybridized carbons (Fsp3) is 0.312. The molecular formula is C16H17ClN4O. The molecule has 0 saturated carbocycles. The Labute approximate surface area is 134 Å². The summed E-state index contributed by atoms with van der Waals surface area (Å²) in [5.41, 5.74) is 1.11. The fourth-order valence-corrected chi connectivity index (χ4v) is 2.83. The maximum Gasteiger partial charge on any atom is 0.229 e.